The highest BCUT2D eigenvalue weighted by Gasteiger charge is 2.30. The van der Waals surface area contributed by atoms with Gasteiger partial charge in [-0.25, -0.2) is 9.59 Å². The monoisotopic (exact) mass is 465 g/mol. The molecule has 0 spiro atoms. The Bertz CT molecular complexity index is 1290. The van der Waals surface area contributed by atoms with Gasteiger partial charge in [0, 0.05) is 24.1 Å². The minimum absolute atomic E-state index is 0.150. The van der Waals surface area contributed by atoms with Crippen LogP contribution in [0.4, 0.5) is 0 Å². The zero-order valence-electron chi connectivity index (χ0n) is 19.3. The fourth-order valence-corrected chi connectivity index (χ4v) is 4.16. The predicted molar refractivity (Wildman–Crippen MR) is 125 cm³/mol. The van der Waals surface area contributed by atoms with Crippen molar-refractivity contribution in [2.45, 2.75) is 51.7 Å². The van der Waals surface area contributed by atoms with Crippen molar-refractivity contribution >= 4 is 22.8 Å². The lowest BCUT2D eigenvalue weighted by atomic mass is 9.92. The lowest BCUT2D eigenvalue weighted by Gasteiger charge is -2.33. The topological polar surface area (TPSA) is 115 Å². The summed E-state index contributed by atoms with van der Waals surface area (Å²) in [6.45, 7) is 5.31. The van der Waals surface area contributed by atoms with Crippen molar-refractivity contribution in [1.82, 2.24) is 5.32 Å². The zero-order valence-corrected chi connectivity index (χ0v) is 19.3. The van der Waals surface area contributed by atoms with Crippen LogP contribution in [-0.2, 0) is 22.4 Å². The molecule has 0 fully saturated rings. The number of fused-ring (bicyclic) bond motifs is 3. The summed E-state index contributed by atoms with van der Waals surface area (Å²) < 4.78 is 17.4. The van der Waals surface area contributed by atoms with Crippen LogP contribution in [0.5, 0.6) is 11.5 Å². The molecule has 8 nitrogen and oxygen atoms in total. The molecule has 0 radical (unpaired) electrons. The Morgan fingerprint density at radius 3 is 2.65 bits per heavy atom. The summed E-state index contributed by atoms with van der Waals surface area (Å²) in [5.41, 5.74) is 1.76. The molecule has 8 heteroatoms. The van der Waals surface area contributed by atoms with E-state index in [1.54, 1.807) is 25.1 Å². The normalized spacial score (nSPS) is 15.1. The summed E-state index contributed by atoms with van der Waals surface area (Å²) in [4.78, 5) is 36.3. The van der Waals surface area contributed by atoms with E-state index in [0.29, 0.717) is 34.5 Å². The highest BCUT2D eigenvalue weighted by Crippen LogP contribution is 2.42. The fraction of sp³-hybridized carbons (Fsp3) is 0.346. The molecule has 3 aromatic rings. The maximum absolute atomic E-state index is 12.6. The number of hydrogen-bond donors (Lipinski definition) is 2. The van der Waals surface area contributed by atoms with Crippen molar-refractivity contribution in [3.8, 4) is 11.5 Å². The Hall–Kier alpha value is -3.81. The molecule has 1 aliphatic heterocycles. The minimum atomic E-state index is -1.13. The molecule has 178 valence electrons. The summed E-state index contributed by atoms with van der Waals surface area (Å²) in [7, 11) is 0. The number of carboxylic acid groups (broad SMARTS) is 1. The Labute approximate surface area is 196 Å². The third-order valence-electron chi connectivity index (χ3n) is 5.88. The Balaban J connectivity index is 1.57. The number of aliphatic carboxylic acids is 1. The number of carboxylic acids is 1. The number of carbonyl (C=O) groups excluding carboxylic acids is 1. The van der Waals surface area contributed by atoms with Crippen molar-refractivity contribution in [3.05, 3.63) is 69.6 Å². The van der Waals surface area contributed by atoms with E-state index in [1.807, 2.05) is 32.0 Å². The lowest BCUT2D eigenvalue weighted by Crippen LogP contribution is -2.44. The molecule has 0 saturated carbocycles. The van der Waals surface area contributed by atoms with Gasteiger partial charge >= 0.3 is 11.6 Å². The standard InChI is InChI=1S/C26H27NO7/c1-15-11-22(29)33-24-17-9-10-26(2,3)34-19(17)13-20(23(15)24)32-14-21(28)27-18(25(30)31)12-16-7-5-4-6-8-16/h4-8,11,13,18H,9-10,12,14H2,1-3H3,(H,27,28)(H,30,31)/t18-/m1/s1. The SMILES string of the molecule is Cc1cc(=O)oc2c3c(cc(OCC(=O)N[C@H](Cc4ccccc4)C(=O)O)c12)OC(C)(C)CC3. The van der Waals surface area contributed by atoms with Crippen LogP contribution in [0.3, 0.4) is 0 Å². The number of hydrogen-bond acceptors (Lipinski definition) is 6. The van der Waals surface area contributed by atoms with Gasteiger partial charge in [-0.05, 0) is 44.7 Å². The maximum atomic E-state index is 12.6. The maximum Gasteiger partial charge on any atom is 0.336 e. The van der Waals surface area contributed by atoms with E-state index in [1.165, 1.54) is 6.07 Å². The third-order valence-corrected chi connectivity index (χ3v) is 5.88. The van der Waals surface area contributed by atoms with Gasteiger partial charge in [-0.15, -0.1) is 0 Å². The first-order valence-electron chi connectivity index (χ1n) is 11.1. The zero-order chi connectivity index (χ0) is 24.5. The van der Waals surface area contributed by atoms with Gasteiger partial charge in [0.05, 0.1) is 5.39 Å². The van der Waals surface area contributed by atoms with E-state index in [4.69, 9.17) is 13.9 Å². The van der Waals surface area contributed by atoms with Gasteiger partial charge in [0.15, 0.2) is 6.61 Å². The van der Waals surface area contributed by atoms with Crippen molar-refractivity contribution < 1.29 is 28.6 Å². The van der Waals surface area contributed by atoms with Crippen LogP contribution in [0.1, 0.15) is 37.0 Å². The van der Waals surface area contributed by atoms with E-state index in [0.717, 1.165) is 17.5 Å². The number of carbonyl (C=O) groups is 2. The van der Waals surface area contributed by atoms with Gasteiger partial charge in [0.2, 0.25) is 0 Å². The third kappa shape index (κ3) is 5.06. The van der Waals surface area contributed by atoms with Crippen LogP contribution < -0.4 is 20.4 Å². The summed E-state index contributed by atoms with van der Waals surface area (Å²) in [6.07, 6.45) is 1.58. The number of rotatable bonds is 7. The number of ether oxygens (including phenoxy) is 2. The summed E-state index contributed by atoms with van der Waals surface area (Å²) >= 11 is 0. The molecule has 4 rings (SSSR count). The van der Waals surface area contributed by atoms with E-state index in [2.05, 4.69) is 5.32 Å². The summed E-state index contributed by atoms with van der Waals surface area (Å²) in [5.74, 6) is -0.839. The van der Waals surface area contributed by atoms with Gasteiger partial charge in [-0.1, -0.05) is 30.3 Å². The Kier molecular flexibility index (Phi) is 6.32. The molecule has 34 heavy (non-hydrogen) atoms. The summed E-state index contributed by atoms with van der Waals surface area (Å²) in [6, 6.07) is 11.0. The van der Waals surface area contributed by atoms with Crippen molar-refractivity contribution in [2.75, 3.05) is 6.61 Å². The van der Waals surface area contributed by atoms with Crippen LogP contribution in [-0.4, -0.2) is 35.2 Å². The van der Waals surface area contributed by atoms with Gasteiger partial charge in [-0.3, -0.25) is 4.79 Å². The van der Waals surface area contributed by atoms with Crippen LogP contribution in [0, 0.1) is 6.92 Å². The van der Waals surface area contributed by atoms with Crippen molar-refractivity contribution in [2.24, 2.45) is 0 Å². The molecule has 0 unspecified atom stereocenters. The van der Waals surface area contributed by atoms with Crippen LogP contribution in [0.25, 0.3) is 11.0 Å². The van der Waals surface area contributed by atoms with Crippen LogP contribution >= 0.6 is 0 Å². The van der Waals surface area contributed by atoms with Gasteiger partial charge < -0.3 is 24.3 Å². The predicted octanol–water partition coefficient (Wildman–Crippen LogP) is 3.40. The first kappa shape index (κ1) is 23.4. The van der Waals surface area contributed by atoms with Gasteiger partial charge in [-0.2, -0.15) is 0 Å². The molecule has 1 aromatic heterocycles. The molecule has 0 bridgehead atoms. The second-order valence-electron chi connectivity index (χ2n) is 9.10. The Morgan fingerprint density at radius 2 is 1.94 bits per heavy atom. The second-order valence-corrected chi connectivity index (χ2v) is 9.10. The molecule has 0 aliphatic carbocycles. The number of nitrogens with one attached hydrogen (secondary N) is 1. The molecular formula is C26H27NO7. The minimum Gasteiger partial charge on any atom is -0.487 e. The molecule has 2 N–H and O–H groups in total. The smallest absolute Gasteiger partial charge is 0.336 e. The van der Waals surface area contributed by atoms with Crippen molar-refractivity contribution in [3.63, 3.8) is 0 Å². The largest absolute Gasteiger partial charge is 0.487 e. The highest BCUT2D eigenvalue weighted by atomic mass is 16.5. The van der Waals surface area contributed by atoms with E-state index in [9.17, 15) is 19.5 Å². The average Bonchev–Trinajstić information content (AvgIpc) is 2.76. The molecule has 1 aliphatic rings. The van der Waals surface area contributed by atoms with E-state index >= 15 is 0 Å². The second kappa shape index (κ2) is 9.21. The number of amides is 1. The number of benzene rings is 2. The Morgan fingerprint density at radius 1 is 1.21 bits per heavy atom. The molecule has 1 amide bonds. The molecule has 1 atom stereocenters. The fourth-order valence-electron chi connectivity index (χ4n) is 4.16. The lowest BCUT2D eigenvalue weighted by molar-refractivity contribution is -0.142. The van der Waals surface area contributed by atoms with Crippen LogP contribution in [0.2, 0.25) is 0 Å². The number of aryl methyl sites for hydroxylation is 2. The van der Waals surface area contributed by atoms with Crippen molar-refractivity contribution in [1.29, 1.82) is 0 Å². The highest BCUT2D eigenvalue weighted by molar-refractivity contribution is 5.92. The van der Waals surface area contributed by atoms with E-state index < -0.39 is 35.8 Å². The molecule has 2 aromatic carbocycles. The average molecular weight is 466 g/mol. The molecule has 0 saturated heterocycles. The quantitative estimate of drug-likeness (QED) is 0.514. The molecule has 2 heterocycles. The van der Waals surface area contributed by atoms with Gasteiger partial charge in [0.25, 0.3) is 5.91 Å². The first-order chi connectivity index (χ1) is 16.1. The summed E-state index contributed by atoms with van der Waals surface area (Å²) in [5, 5.41) is 12.6. The molecular weight excluding hydrogens is 438 g/mol. The van der Waals surface area contributed by atoms with Crippen LogP contribution in [0.15, 0.2) is 51.7 Å². The first-order valence-corrected chi connectivity index (χ1v) is 11.1. The van der Waals surface area contributed by atoms with Gasteiger partial charge in [0.1, 0.15) is 28.7 Å². The van der Waals surface area contributed by atoms with E-state index in [-0.39, 0.29) is 6.42 Å².